The second-order valence-electron chi connectivity index (χ2n) is 12.0. The zero-order chi connectivity index (χ0) is 27.9. The molecule has 0 aromatic heterocycles. The maximum Gasteiger partial charge on any atom is 0.179 e. The molecular weight excluding hydrogens is 459 g/mol. The van der Waals surface area contributed by atoms with Crippen molar-refractivity contribution in [3.8, 4) is 0 Å². The molecule has 3 heteroatoms. The van der Waals surface area contributed by atoms with Crippen LogP contribution in [-0.2, 0) is 0 Å². The van der Waals surface area contributed by atoms with Crippen molar-refractivity contribution < 1.29 is 0 Å². The van der Waals surface area contributed by atoms with Gasteiger partial charge >= 0.3 is 0 Å². The number of hydrogen-bond acceptors (Lipinski definition) is 1. The van der Waals surface area contributed by atoms with Gasteiger partial charge in [-0.05, 0) is 41.7 Å². The first-order chi connectivity index (χ1) is 18.1. The topological polar surface area (TPSA) is 24.7 Å². The van der Waals surface area contributed by atoms with Crippen LogP contribution in [0.4, 0.5) is 0 Å². The van der Waals surface area contributed by atoms with Gasteiger partial charge in [-0.25, -0.2) is 9.98 Å². The minimum Gasteiger partial charge on any atom is -0.233 e. The van der Waals surface area contributed by atoms with Crippen molar-refractivity contribution in [2.75, 3.05) is 0 Å². The van der Waals surface area contributed by atoms with E-state index >= 15 is 0 Å². The fourth-order valence-electron chi connectivity index (χ4n) is 5.68. The lowest BCUT2D eigenvalue weighted by atomic mass is 9.26. The molecule has 0 N–H and O–H groups in total. The van der Waals surface area contributed by atoms with Gasteiger partial charge in [0.1, 0.15) is 0 Å². The van der Waals surface area contributed by atoms with Gasteiger partial charge in [0.15, 0.2) is 12.5 Å². The van der Waals surface area contributed by atoms with Gasteiger partial charge in [0.25, 0.3) is 0 Å². The van der Waals surface area contributed by atoms with E-state index in [1.807, 2.05) is 32.0 Å². The van der Waals surface area contributed by atoms with Crippen LogP contribution in [0.25, 0.3) is 0 Å². The zero-order valence-corrected chi connectivity index (χ0v) is 25.0. The van der Waals surface area contributed by atoms with Gasteiger partial charge in [-0.15, -0.1) is 0 Å². The lowest BCUT2D eigenvalue weighted by Crippen LogP contribution is -2.49. The standard InChI is InChI=1S/C33H41BN2.C2H6/c1-24-22-32(4,5)33(6,7)23-34(24)30-20-18-29(19-21-30)31(35-25(2)27-14-10-8-11-15-27)36-26(3)28-16-12-9-13-17-28;1-2/h8-10,12-14,16-21,24H,2,11,15,22-23H2,1,3-7H3;1-2H3. The molecule has 1 atom stereocenters. The molecule has 0 spiro atoms. The highest BCUT2D eigenvalue weighted by Crippen LogP contribution is 2.53. The van der Waals surface area contributed by atoms with Gasteiger partial charge in [0, 0.05) is 11.3 Å². The number of benzene rings is 2. The monoisotopic (exact) mass is 506 g/mol. The second kappa shape index (κ2) is 12.7. The van der Waals surface area contributed by atoms with E-state index in [2.05, 4.69) is 103 Å². The molecule has 1 aliphatic carbocycles. The van der Waals surface area contributed by atoms with E-state index in [1.54, 1.807) is 0 Å². The maximum atomic E-state index is 5.01. The van der Waals surface area contributed by atoms with Crippen LogP contribution in [0.2, 0.25) is 12.1 Å². The Kier molecular flexibility index (Phi) is 9.93. The fraction of sp³-hybridized carbons (Fsp3) is 0.429. The molecular formula is C35H47BN2. The number of rotatable bonds is 5. The Bertz CT molecular complexity index is 1210. The van der Waals surface area contributed by atoms with Gasteiger partial charge in [-0.1, -0.05) is 152 Å². The molecule has 0 amide bonds. The van der Waals surface area contributed by atoms with Crippen molar-refractivity contribution in [3.63, 3.8) is 0 Å². The largest absolute Gasteiger partial charge is 0.233 e. The van der Waals surface area contributed by atoms with E-state index in [0.717, 1.165) is 41.2 Å². The van der Waals surface area contributed by atoms with Crippen molar-refractivity contribution in [2.24, 2.45) is 20.8 Å². The highest BCUT2D eigenvalue weighted by Gasteiger charge is 2.47. The molecule has 2 nitrogen and oxygen atoms in total. The molecule has 1 unspecified atom stereocenters. The molecule has 0 saturated carbocycles. The van der Waals surface area contributed by atoms with Crippen molar-refractivity contribution >= 4 is 23.7 Å². The van der Waals surface area contributed by atoms with E-state index < -0.39 is 0 Å². The average Bonchev–Trinajstić information content (AvgIpc) is 2.92. The van der Waals surface area contributed by atoms with Gasteiger partial charge in [-0.2, -0.15) is 0 Å². The first-order valence-electron chi connectivity index (χ1n) is 14.4. The molecule has 38 heavy (non-hydrogen) atoms. The Hall–Kier alpha value is -2.94. The third-order valence-corrected chi connectivity index (χ3v) is 8.77. The lowest BCUT2D eigenvalue weighted by molar-refractivity contribution is 0.105. The number of amidine groups is 1. The Morgan fingerprint density at radius 1 is 0.895 bits per heavy atom. The molecule has 1 heterocycles. The summed E-state index contributed by atoms with van der Waals surface area (Å²) in [5.74, 6) is 1.39. The summed E-state index contributed by atoms with van der Waals surface area (Å²) >= 11 is 0. The van der Waals surface area contributed by atoms with Crippen LogP contribution in [0, 0.1) is 10.8 Å². The van der Waals surface area contributed by atoms with E-state index in [9.17, 15) is 0 Å². The average molecular weight is 507 g/mol. The molecule has 0 radical (unpaired) electrons. The summed E-state index contributed by atoms with van der Waals surface area (Å²) < 4.78 is 0. The predicted molar refractivity (Wildman–Crippen MR) is 170 cm³/mol. The van der Waals surface area contributed by atoms with Crippen LogP contribution in [-0.4, -0.2) is 18.3 Å². The summed E-state index contributed by atoms with van der Waals surface area (Å²) in [4.78, 5) is 9.98. The zero-order valence-electron chi connectivity index (χ0n) is 25.0. The van der Waals surface area contributed by atoms with Crippen LogP contribution in [0.1, 0.15) is 85.8 Å². The highest BCUT2D eigenvalue weighted by molar-refractivity contribution is 6.74. The molecule has 1 fully saturated rings. The van der Waals surface area contributed by atoms with Crippen LogP contribution < -0.4 is 5.46 Å². The number of allylic oxidation sites excluding steroid dienone is 4. The summed E-state index contributed by atoms with van der Waals surface area (Å²) in [5, 5.41) is 0. The third-order valence-electron chi connectivity index (χ3n) is 8.77. The fourth-order valence-corrected chi connectivity index (χ4v) is 5.68. The number of nitrogens with zero attached hydrogens (tertiary/aromatic N) is 2. The SMILES string of the molecule is C=C(N=C(N=C(C)c1ccccc1)c1ccc(B2CC(C)(C)C(C)(C)CC2C)cc1)C1=CC=CCC1.CC. The smallest absolute Gasteiger partial charge is 0.179 e. The van der Waals surface area contributed by atoms with E-state index in [4.69, 9.17) is 9.98 Å². The Balaban J connectivity index is 0.00000195. The summed E-state index contributed by atoms with van der Waals surface area (Å²) in [6, 6.07) is 19.3. The van der Waals surface area contributed by atoms with Crippen molar-refractivity contribution in [3.05, 3.63) is 102 Å². The molecule has 1 aliphatic heterocycles. The van der Waals surface area contributed by atoms with Crippen molar-refractivity contribution in [1.82, 2.24) is 0 Å². The molecule has 1 saturated heterocycles. The predicted octanol–water partition coefficient (Wildman–Crippen LogP) is 9.31. The van der Waals surface area contributed by atoms with Gasteiger partial charge < -0.3 is 0 Å². The Morgan fingerprint density at radius 3 is 2.16 bits per heavy atom. The lowest BCUT2D eigenvalue weighted by Gasteiger charge is -2.51. The Labute approximate surface area is 232 Å². The summed E-state index contributed by atoms with van der Waals surface area (Å²) in [7, 11) is 0. The third kappa shape index (κ3) is 6.93. The second-order valence-corrected chi connectivity index (χ2v) is 12.0. The van der Waals surface area contributed by atoms with Gasteiger partial charge in [-0.3, -0.25) is 0 Å². The first kappa shape index (κ1) is 29.6. The normalized spacial score (nSPS) is 20.8. The quantitative estimate of drug-likeness (QED) is 0.219. The molecule has 2 aliphatic rings. The number of hydrogen-bond donors (Lipinski definition) is 0. The van der Waals surface area contributed by atoms with Gasteiger partial charge in [0.2, 0.25) is 0 Å². The van der Waals surface area contributed by atoms with Crippen LogP contribution >= 0.6 is 0 Å². The van der Waals surface area contributed by atoms with Crippen molar-refractivity contribution in [1.29, 1.82) is 0 Å². The molecule has 200 valence electrons. The minimum absolute atomic E-state index is 0.312. The summed E-state index contributed by atoms with van der Waals surface area (Å²) in [6.45, 7) is 23.1. The molecule has 2 aromatic rings. The van der Waals surface area contributed by atoms with E-state index in [0.29, 0.717) is 23.4 Å². The summed E-state index contributed by atoms with van der Waals surface area (Å²) in [5.41, 5.74) is 7.17. The first-order valence-corrected chi connectivity index (χ1v) is 14.4. The molecule has 4 rings (SSSR count). The molecule has 0 bridgehead atoms. The molecule has 2 aromatic carbocycles. The van der Waals surface area contributed by atoms with Crippen LogP contribution in [0.3, 0.4) is 0 Å². The van der Waals surface area contributed by atoms with Crippen molar-refractivity contribution in [2.45, 2.75) is 86.8 Å². The number of aliphatic imine (C=N–C) groups is 2. The van der Waals surface area contributed by atoms with Crippen LogP contribution in [0.15, 0.2) is 101 Å². The maximum absolute atomic E-state index is 5.01. The highest BCUT2D eigenvalue weighted by atomic mass is 14.9. The Morgan fingerprint density at radius 2 is 1.55 bits per heavy atom. The summed E-state index contributed by atoms with van der Waals surface area (Å²) in [6.07, 6.45) is 10.9. The van der Waals surface area contributed by atoms with E-state index in [1.165, 1.54) is 23.8 Å². The minimum atomic E-state index is 0.312. The van der Waals surface area contributed by atoms with Crippen LogP contribution in [0.5, 0.6) is 0 Å². The van der Waals surface area contributed by atoms with Gasteiger partial charge in [0.05, 0.1) is 5.70 Å². The van der Waals surface area contributed by atoms with E-state index in [-0.39, 0.29) is 0 Å².